The van der Waals surface area contributed by atoms with Crippen LogP contribution in [0.25, 0.3) is 22.4 Å². The first kappa shape index (κ1) is 17.5. The van der Waals surface area contributed by atoms with E-state index in [1.807, 2.05) is 24.3 Å². The predicted octanol–water partition coefficient (Wildman–Crippen LogP) is 3.49. The van der Waals surface area contributed by atoms with E-state index < -0.39 is 0 Å². The van der Waals surface area contributed by atoms with Crippen molar-refractivity contribution in [2.45, 2.75) is 0 Å². The second kappa shape index (κ2) is 7.26. The molecule has 136 valence electrons. The van der Waals surface area contributed by atoms with Gasteiger partial charge >= 0.3 is 0 Å². The highest BCUT2D eigenvalue weighted by atomic mass is 16.5. The fraction of sp³-hybridized carbons (Fsp3) is 0.211. The smallest absolute Gasteiger partial charge is 0.203 e. The summed E-state index contributed by atoms with van der Waals surface area (Å²) < 4.78 is 21.3. The van der Waals surface area contributed by atoms with Gasteiger partial charge in [-0.2, -0.15) is 0 Å². The first-order chi connectivity index (χ1) is 12.6. The molecule has 3 rings (SSSR count). The molecular formula is C19H20N2O5. The van der Waals surface area contributed by atoms with Crippen molar-refractivity contribution in [3.8, 4) is 45.4 Å². The number of aromatic nitrogens is 2. The number of ether oxygens (including phenoxy) is 4. The van der Waals surface area contributed by atoms with Crippen molar-refractivity contribution in [1.29, 1.82) is 0 Å². The number of rotatable bonds is 6. The lowest BCUT2D eigenvalue weighted by Gasteiger charge is -2.14. The summed E-state index contributed by atoms with van der Waals surface area (Å²) in [6, 6.07) is 11.0. The third-order valence-electron chi connectivity index (χ3n) is 4.09. The molecule has 0 aliphatic carbocycles. The molecule has 0 saturated heterocycles. The van der Waals surface area contributed by atoms with Gasteiger partial charge in [-0.1, -0.05) is 12.1 Å². The van der Waals surface area contributed by atoms with Crippen molar-refractivity contribution >= 4 is 0 Å². The van der Waals surface area contributed by atoms with E-state index in [4.69, 9.17) is 18.9 Å². The fourth-order valence-electron chi connectivity index (χ4n) is 2.81. The summed E-state index contributed by atoms with van der Waals surface area (Å²) in [5.41, 5.74) is 2.82. The molecule has 0 unspecified atom stereocenters. The monoisotopic (exact) mass is 356 g/mol. The largest absolute Gasteiger partial charge is 0.497 e. The Morgan fingerprint density at radius 3 is 1.92 bits per heavy atom. The SMILES string of the molecule is COc1ccc(-c2cnn(O)c2-c2cc(OC)c(OC)c(OC)c2)cc1. The topological polar surface area (TPSA) is 75.0 Å². The molecule has 0 atom stereocenters. The number of nitrogens with zero attached hydrogens (tertiary/aromatic N) is 2. The molecule has 1 aromatic heterocycles. The van der Waals surface area contributed by atoms with Gasteiger partial charge in [-0.3, -0.25) is 0 Å². The maximum absolute atomic E-state index is 10.3. The van der Waals surface area contributed by atoms with Crippen LogP contribution in [0, 0.1) is 0 Å². The van der Waals surface area contributed by atoms with Gasteiger partial charge in [0.15, 0.2) is 11.5 Å². The van der Waals surface area contributed by atoms with Crippen LogP contribution < -0.4 is 18.9 Å². The third kappa shape index (κ3) is 2.99. The van der Waals surface area contributed by atoms with Crippen LogP contribution in [0.2, 0.25) is 0 Å². The van der Waals surface area contributed by atoms with Crippen LogP contribution in [0.4, 0.5) is 0 Å². The number of hydrogen-bond acceptors (Lipinski definition) is 6. The van der Waals surface area contributed by atoms with Crippen LogP contribution in [0.15, 0.2) is 42.6 Å². The van der Waals surface area contributed by atoms with Gasteiger partial charge in [-0.15, -0.1) is 9.94 Å². The van der Waals surface area contributed by atoms with E-state index >= 15 is 0 Å². The third-order valence-corrected chi connectivity index (χ3v) is 4.09. The predicted molar refractivity (Wildman–Crippen MR) is 96.5 cm³/mol. The van der Waals surface area contributed by atoms with Crippen LogP contribution in [0.1, 0.15) is 0 Å². The minimum absolute atomic E-state index is 0.480. The van der Waals surface area contributed by atoms with Gasteiger partial charge in [-0.05, 0) is 29.8 Å². The summed E-state index contributed by atoms with van der Waals surface area (Å²) in [6.07, 6.45) is 1.60. The highest BCUT2D eigenvalue weighted by Gasteiger charge is 2.20. The fourth-order valence-corrected chi connectivity index (χ4v) is 2.81. The zero-order valence-corrected chi connectivity index (χ0v) is 15.0. The van der Waals surface area contributed by atoms with E-state index in [0.717, 1.165) is 21.7 Å². The number of hydrogen-bond donors (Lipinski definition) is 1. The van der Waals surface area contributed by atoms with Crippen LogP contribution in [-0.4, -0.2) is 43.6 Å². The Morgan fingerprint density at radius 1 is 0.808 bits per heavy atom. The van der Waals surface area contributed by atoms with Crippen molar-refractivity contribution in [3.63, 3.8) is 0 Å². The quantitative estimate of drug-likeness (QED) is 0.682. The van der Waals surface area contributed by atoms with E-state index in [1.165, 1.54) is 0 Å². The average Bonchev–Trinajstić information content (AvgIpc) is 3.08. The molecule has 1 heterocycles. The Kier molecular flexibility index (Phi) is 4.88. The Bertz CT molecular complexity index is 878. The average molecular weight is 356 g/mol. The molecule has 0 amide bonds. The molecule has 0 bridgehead atoms. The van der Waals surface area contributed by atoms with Crippen molar-refractivity contribution in [3.05, 3.63) is 42.6 Å². The van der Waals surface area contributed by atoms with Crippen molar-refractivity contribution in [2.24, 2.45) is 0 Å². The van der Waals surface area contributed by atoms with E-state index in [1.54, 1.807) is 46.8 Å². The standard InChI is InChI=1S/C19H20N2O5/c1-23-14-7-5-12(6-8-14)15-11-20-21(22)18(15)13-9-16(24-2)19(26-4)17(10-13)25-3/h5-11,22H,1-4H3. The maximum Gasteiger partial charge on any atom is 0.203 e. The zero-order chi connectivity index (χ0) is 18.7. The zero-order valence-electron chi connectivity index (χ0n) is 15.0. The lowest BCUT2D eigenvalue weighted by atomic mass is 10.0. The normalized spacial score (nSPS) is 10.5. The minimum atomic E-state index is 0.480. The maximum atomic E-state index is 10.3. The van der Waals surface area contributed by atoms with Crippen LogP contribution in [-0.2, 0) is 0 Å². The van der Waals surface area contributed by atoms with Crippen molar-refractivity contribution < 1.29 is 24.2 Å². The second-order valence-corrected chi connectivity index (χ2v) is 5.44. The Morgan fingerprint density at radius 2 is 1.42 bits per heavy atom. The summed E-state index contributed by atoms with van der Waals surface area (Å²) >= 11 is 0. The summed E-state index contributed by atoms with van der Waals surface area (Å²) in [5.74, 6) is 2.21. The number of benzene rings is 2. The molecule has 7 heteroatoms. The Hall–Kier alpha value is -3.35. The summed E-state index contributed by atoms with van der Waals surface area (Å²) in [4.78, 5) is 0.834. The highest BCUT2D eigenvalue weighted by molar-refractivity contribution is 5.82. The van der Waals surface area contributed by atoms with Gasteiger partial charge in [0.1, 0.15) is 11.4 Å². The first-order valence-corrected chi connectivity index (χ1v) is 7.85. The van der Waals surface area contributed by atoms with E-state index in [0.29, 0.717) is 28.5 Å². The molecule has 26 heavy (non-hydrogen) atoms. The van der Waals surface area contributed by atoms with Gasteiger partial charge in [0, 0.05) is 11.1 Å². The van der Waals surface area contributed by atoms with E-state index in [2.05, 4.69) is 5.10 Å². The van der Waals surface area contributed by atoms with Crippen molar-refractivity contribution in [2.75, 3.05) is 28.4 Å². The van der Waals surface area contributed by atoms with E-state index in [-0.39, 0.29) is 0 Å². The lowest BCUT2D eigenvalue weighted by molar-refractivity contribution is 0.153. The van der Waals surface area contributed by atoms with Gasteiger partial charge in [-0.25, -0.2) is 0 Å². The number of methoxy groups -OCH3 is 4. The molecular weight excluding hydrogens is 336 g/mol. The van der Waals surface area contributed by atoms with E-state index in [9.17, 15) is 5.21 Å². The van der Waals surface area contributed by atoms with Crippen LogP contribution >= 0.6 is 0 Å². The Labute approximate surface area is 151 Å². The van der Waals surface area contributed by atoms with Gasteiger partial charge in [0.2, 0.25) is 5.75 Å². The first-order valence-electron chi connectivity index (χ1n) is 7.85. The lowest BCUT2D eigenvalue weighted by Crippen LogP contribution is -1.99. The minimum Gasteiger partial charge on any atom is -0.497 e. The molecule has 0 spiro atoms. The molecule has 0 aliphatic heterocycles. The molecule has 0 aliphatic rings. The Balaban J connectivity index is 2.17. The highest BCUT2D eigenvalue weighted by Crippen LogP contribution is 2.43. The molecule has 7 nitrogen and oxygen atoms in total. The van der Waals surface area contributed by atoms with Crippen molar-refractivity contribution in [1.82, 2.24) is 9.94 Å². The molecule has 3 aromatic rings. The van der Waals surface area contributed by atoms with Gasteiger partial charge in [0.25, 0.3) is 0 Å². The molecule has 2 aromatic carbocycles. The molecule has 0 fully saturated rings. The molecule has 1 N–H and O–H groups in total. The summed E-state index contributed by atoms with van der Waals surface area (Å²) in [5, 5.41) is 14.3. The summed E-state index contributed by atoms with van der Waals surface area (Å²) in [6.45, 7) is 0. The van der Waals surface area contributed by atoms with Gasteiger partial charge in [0.05, 0.1) is 34.6 Å². The van der Waals surface area contributed by atoms with Crippen LogP contribution in [0.3, 0.4) is 0 Å². The van der Waals surface area contributed by atoms with Crippen LogP contribution in [0.5, 0.6) is 23.0 Å². The molecule has 0 saturated carbocycles. The molecule has 0 radical (unpaired) electrons. The second-order valence-electron chi connectivity index (χ2n) is 5.44. The van der Waals surface area contributed by atoms with Gasteiger partial charge < -0.3 is 24.2 Å². The summed E-state index contributed by atoms with van der Waals surface area (Å²) in [7, 11) is 6.24.